The van der Waals surface area contributed by atoms with Crippen LogP contribution in [0.15, 0.2) is 42.5 Å². The number of benzene rings is 2. The molecule has 0 aromatic heterocycles. The second-order valence-electron chi connectivity index (χ2n) is 3.77. The molecule has 0 spiro atoms. The van der Waals surface area contributed by atoms with Crippen LogP contribution in [-0.2, 0) is 0 Å². The van der Waals surface area contributed by atoms with Crippen LogP contribution in [0.25, 0.3) is 0 Å². The molecule has 0 aliphatic heterocycles. The number of hydrogen-bond donors (Lipinski definition) is 1. The highest BCUT2D eigenvalue weighted by atomic mass is 19.1. The summed E-state index contributed by atoms with van der Waals surface area (Å²) in [5.74, 6) is -0.335. The first kappa shape index (κ1) is 11.2. The van der Waals surface area contributed by atoms with E-state index in [0.717, 1.165) is 5.56 Å². The molecule has 0 radical (unpaired) electrons. The maximum atomic E-state index is 13.5. The standard InChI is InChI=1S/C14H11FN2/c1-10-6-7-11(9-16)14(8-10)17-13-5-3-2-4-12(13)15/h2-8,17H,1H3. The van der Waals surface area contributed by atoms with Gasteiger partial charge in [-0.1, -0.05) is 18.2 Å². The molecule has 0 saturated heterocycles. The summed E-state index contributed by atoms with van der Waals surface area (Å²) in [5, 5.41) is 11.9. The molecule has 0 heterocycles. The van der Waals surface area contributed by atoms with Crippen molar-refractivity contribution in [2.75, 3.05) is 5.32 Å². The van der Waals surface area contributed by atoms with Gasteiger partial charge in [0.2, 0.25) is 0 Å². The van der Waals surface area contributed by atoms with Crippen LogP contribution in [0.4, 0.5) is 15.8 Å². The van der Waals surface area contributed by atoms with E-state index in [9.17, 15) is 4.39 Å². The molecule has 2 aromatic carbocycles. The molecule has 0 atom stereocenters. The van der Waals surface area contributed by atoms with Gasteiger partial charge in [0.15, 0.2) is 0 Å². The summed E-state index contributed by atoms with van der Waals surface area (Å²) in [4.78, 5) is 0. The third-order valence-electron chi connectivity index (χ3n) is 2.44. The second kappa shape index (κ2) is 4.67. The number of nitrogens with one attached hydrogen (secondary N) is 1. The van der Waals surface area contributed by atoms with Crippen molar-refractivity contribution in [2.45, 2.75) is 6.92 Å². The van der Waals surface area contributed by atoms with Gasteiger partial charge in [0.25, 0.3) is 0 Å². The fourth-order valence-electron chi connectivity index (χ4n) is 1.57. The summed E-state index contributed by atoms with van der Waals surface area (Å²) in [7, 11) is 0. The van der Waals surface area contributed by atoms with E-state index in [-0.39, 0.29) is 5.82 Å². The summed E-state index contributed by atoms with van der Waals surface area (Å²) in [6, 6.07) is 13.9. The van der Waals surface area contributed by atoms with Crippen LogP contribution in [0.1, 0.15) is 11.1 Å². The van der Waals surface area contributed by atoms with Crippen molar-refractivity contribution >= 4 is 11.4 Å². The molecule has 0 aliphatic rings. The van der Waals surface area contributed by atoms with Crippen LogP contribution in [0.2, 0.25) is 0 Å². The number of aryl methyl sites for hydroxylation is 1. The van der Waals surface area contributed by atoms with E-state index in [4.69, 9.17) is 5.26 Å². The van der Waals surface area contributed by atoms with E-state index in [0.29, 0.717) is 16.9 Å². The fourth-order valence-corrected chi connectivity index (χ4v) is 1.57. The van der Waals surface area contributed by atoms with Gasteiger partial charge in [0.1, 0.15) is 11.9 Å². The maximum absolute atomic E-state index is 13.5. The van der Waals surface area contributed by atoms with E-state index in [2.05, 4.69) is 11.4 Å². The molecule has 2 rings (SSSR count). The van der Waals surface area contributed by atoms with E-state index in [1.807, 2.05) is 19.1 Å². The van der Waals surface area contributed by atoms with Gasteiger partial charge in [0, 0.05) is 0 Å². The molecule has 17 heavy (non-hydrogen) atoms. The van der Waals surface area contributed by atoms with E-state index >= 15 is 0 Å². The number of rotatable bonds is 2. The minimum atomic E-state index is -0.335. The van der Waals surface area contributed by atoms with Crippen molar-refractivity contribution in [3.63, 3.8) is 0 Å². The van der Waals surface area contributed by atoms with Crippen molar-refractivity contribution in [1.82, 2.24) is 0 Å². The van der Waals surface area contributed by atoms with E-state index in [1.54, 1.807) is 24.3 Å². The number of halogens is 1. The summed E-state index contributed by atoms with van der Waals surface area (Å²) in [5.41, 5.74) is 2.51. The van der Waals surface area contributed by atoms with Crippen LogP contribution in [0.3, 0.4) is 0 Å². The first-order valence-electron chi connectivity index (χ1n) is 5.23. The molecule has 2 nitrogen and oxygen atoms in total. The molecule has 0 amide bonds. The molecule has 2 aromatic rings. The van der Waals surface area contributed by atoms with Crippen molar-refractivity contribution < 1.29 is 4.39 Å². The molecule has 0 unspecified atom stereocenters. The van der Waals surface area contributed by atoms with Crippen LogP contribution in [-0.4, -0.2) is 0 Å². The Morgan fingerprint density at radius 3 is 2.59 bits per heavy atom. The summed E-state index contributed by atoms with van der Waals surface area (Å²) < 4.78 is 13.5. The molecule has 0 bridgehead atoms. The van der Waals surface area contributed by atoms with Gasteiger partial charge < -0.3 is 5.32 Å². The normalized spacial score (nSPS) is 9.71. The Morgan fingerprint density at radius 2 is 1.88 bits per heavy atom. The summed E-state index contributed by atoms with van der Waals surface area (Å²) in [6.07, 6.45) is 0. The zero-order chi connectivity index (χ0) is 12.3. The summed E-state index contributed by atoms with van der Waals surface area (Å²) >= 11 is 0. The first-order chi connectivity index (χ1) is 8.20. The Bertz CT molecular complexity index is 585. The SMILES string of the molecule is Cc1ccc(C#N)c(Nc2ccccc2F)c1. The number of hydrogen-bond acceptors (Lipinski definition) is 2. The average molecular weight is 226 g/mol. The molecule has 0 fully saturated rings. The van der Waals surface area contributed by atoms with Crippen molar-refractivity contribution in [2.24, 2.45) is 0 Å². The van der Waals surface area contributed by atoms with E-state index < -0.39 is 0 Å². The van der Waals surface area contributed by atoms with Gasteiger partial charge in [0.05, 0.1) is 16.9 Å². The molecule has 84 valence electrons. The number of anilines is 2. The lowest BCUT2D eigenvalue weighted by molar-refractivity contribution is 0.632. The predicted molar refractivity (Wildman–Crippen MR) is 65.6 cm³/mol. The average Bonchev–Trinajstić information content (AvgIpc) is 2.32. The zero-order valence-electron chi connectivity index (χ0n) is 9.37. The van der Waals surface area contributed by atoms with Gasteiger partial charge in [-0.15, -0.1) is 0 Å². The summed E-state index contributed by atoms with van der Waals surface area (Å²) in [6.45, 7) is 1.92. The first-order valence-corrected chi connectivity index (χ1v) is 5.23. The van der Waals surface area contributed by atoms with Crippen LogP contribution in [0.5, 0.6) is 0 Å². The molecule has 0 aliphatic carbocycles. The Morgan fingerprint density at radius 1 is 1.12 bits per heavy atom. The quantitative estimate of drug-likeness (QED) is 0.846. The third-order valence-corrected chi connectivity index (χ3v) is 2.44. The van der Waals surface area contributed by atoms with Crippen LogP contribution >= 0.6 is 0 Å². The van der Waals surface area contributed by atoms with Crippen molar-refractivity contribution in [3.05, 3.63) is 59.4 Å². The molecular weight excluding hydrogens is 215 g/mol. The minimum Gasteiger partial charge on any atom is -0.352 e. The zero-order valence-corrected chi connectivity index (χ0v) is 9.37. The van der Waals surface area contributed by atoms with Crippen LogP contribution < -0.4 is 5.32 Å². The smallest absolute Gasteiger partial charge is 0.146 e. The fraction of sp³-hybridized carbons (Fsp3) is 0.0714. The monoisotopic (exact) mass is 226 g/mol. The molecule has 1 N–H and O–H groups in total. The van der Waals surface area contributed by atoms with Gasteiger partial charge in [-0.05, 0) is 36.8 Å². The molecule has 0 saturated carbocycles. The van der Waals surface area contributed by atoms with Gasteiger partial charge in [-0.2, -0.15) is 5.26 Å². The predicted octanol–water partition coefficient (Wildman–Crippen LogP) is 3.75. The lowest BCUT2D eigenvalue weighted by atomic mass is 10.1. The highest BCUT2D eigenvalue weighted by Crippen LogP contribution is 2.23. The van der Waals surface area contributed by atoms with Gasteiger partial charge in [-0.25, -0.2) is 4.39 Å². The van der Waals surface area contributed by atoms with Gasteiger partial charge in [-0.3, -0.25) is 0 Å². The van der Waals surface area contributed by atoms with Crippen LogP contribution in [0, 0.1) is 24.1 Å². The maximum Gasteiger partial charge on any atom is 0.146 e. The highest BCUT2D eigenvalue weighted by Gasteiger charge is 2.05. The Kier molecular flexibility index (Phi) is 3.06. The van der Waals surface area contributed by atoms with Crippen molar-refractivity contribution in [3.8, 4) is 6.07 Å². The largest absolute Gasteiger partial charge is 0.352 e. The molecule has 3 heteroatoms. The van der Waals surface area contributed by atoms with Crippen molar-refractivity contribution in [1.29, 1.82) is 5.26 Å². The van der Waals surface area contributed by atoms with Gasteiger partial charge >= 0.3 is 0 Å². The molecular formula is C14H11FN2. The number of para-hydroxylation sites is 1. The topological polar surface area (TPSA) is 35.8 Å². The Hall–Kier alpha value is -2.34. The second-order valence-corrected chi connectivity index (χ2v) is 3.77. The lowest BCUT2D eigenvalue weighted by Gasteiger charge is -2.09. The Labute approximate surface area is 99.3 Å². The minimum absolute atomic E-state index is 0.335. The Balaban J connectivity index is 2.40. The van der Waals surface area contributed by atoms with E-state index in [1.165, 1.54) is 6.07 Å². The number of nitriles is 1. The lowest BCUT2D eigenvalue weighted by Crippen LogP contribution is -1.96. The third kappa shape index (κ3) is 2.43. The number of nitrogens with zero attached hydrogens (tertiary/aromatic N) is 1. The highest BCUT2D eigenvalue weighted by molar-refractivity contribution is 5.67.